The average Bonchev–Trinajstić information content (AvgIpc) is 2.95. The molecule has 7 heteroatoms. The predicted molar refractivity (Wildman–Crippen MR) is 83.7 cm³/mol. The Hall–Kier alpha value is -1.89. The Bertz CT molecular complexity index is 797. The van der Waals surface area contributed by atoms with Gasteiger partial charge in [-0.2, -0.15) is 5.10 Å². The van der Waals surface area contributed by atoms with Crippen LogP contribution in [0.5, 0.6) is 0 Å². The maximum atomic E-state index is 13.0. The summed E-state index contributed by atoms with van der Waals surface area (Å²) in [5.74, 6) is 0.0765. The molecule has 1 aromatic heterocycles. The normalized spacial score (nSPS) is 20.2. The van der Waals surface area contributed by atoms with Crippen LogP contribution < -0.4 is 5.32 Å². The highest BCUT2D eigenvalue weighted by atomic mass is 32.2. The van der Waals surface area contributed by atoms with E-state index in [1.165, 1.54) is 12.1 Å². The predicted octanol–water partition coefficient (Wildman–Crippen LogP) is 2.74. The van der Waals surface area contributed by atoms with E-state index >= 15 is 0 Å². The second kappa shape index (κ2) is 5.39. The highest BCUT2D eigenvalue weighted by Crippen LogP contribution is 2.30. The fourth-order valence-electron chi connectivity index (χ4n) is 2.85. The fourth-order valence-corrected chi connectivity index (χ4v) is 4.54. The van der Waals surface area contributed by atoms with Gasteiger partial charge in [0.1, 0.15) is 5.82 Å². The summed E-state index contributed by atoms with van der Waals surface area (Å²) in [6, 6.07) is 5.99. The summed E-state index contributed by atoms with van der Waals surface area (Å²) in [6.45, 7) is 3.79. The smallest absolute Gasteiger partial charge is 0.152 e. The van der Waals surface area contributed by atoms with Crippen molar-refractivity contribution in [3.8, 4) is 0 Å². The molecule has 0 amide bonds. The molecule has 5 nitrogen and oxygen atoms in total. The summed E-state index contributed by atoms with van der Waals surface area (Å²) in [5.41, 5.74) is 3.30. The third kappa shape index (κ3) is 2.85. The monoisotopic (exact) mass is 323 g/mol. The molecular weight excluding hydrogens is 305 g/mol. The van der Waals surface area contributed by atoms with E-state index in [9.17, 15) is 12.8 Å². The van der Waals surface area contributed by atoms with Crippen LogP contribution in [-0.4, -0.2) is 29.7 Å². The van der Waals surface area contributed by atoms with Gasteiger partial charge in [-0.3, -0.25) is 4.68 Å². The van der Waals surface area contributed by atoms with E-state index in [0.717, 1.165) is 22.8 Å². The number of benzene rings is 1. The molecule has 1 N–H and O–H groups in total. The number of nitrogens with zero attached hydrogens (tertiary/aromatic N) is 2. The zero-order valence-electron chi connectivity index (χ0n) is 12.5. The van der Waals surface area contributed by atoms with Crippen molar-refractivity contribution in [2.75, 3.05) is 16.8 Å². The molecule has 0 radical (unpaired) electrons. The number of aromatic nitrogens is 2. The van der Waals surface area contributed by atoms with Gasteiger partial charge in [0.2, 0.25) is 0 Å². The van der Waals surface area contributed by atoms with Crippen molar-refractivity contribution in [3.63, 3.8) is 0 Å². The van der Waals surface area contributed by atoms with Gasteiger partial charge in [0.05, 0.1) is 34.6 Å². The van der Waals surface area contributed by atoms with E-state index in [1.807, 2.05) is 13.8 Å². The molecule has 118 valence electrons. The van der Waals surface area contributed by atoms with Crippen molar-refractivity contribution in [3.05, 3.63) is 41.5 Å². The molecule has 1 fully saturated rings. The molecule has 1 aliphatic rings. The Morgan fingerprint density at radius 2 is 1.95 bits per heavy atom. The summed E-state index contributed by atoms with van der Waals surface area (Å²) in [6.07, 6.45) is 0.598. The Balaban J connectivity index is 1.89. The molecule has 1 atom stereocenters. The lowest BCUT2D eigenvalue weighted by molar-refractivity contribution is 0.486. The topological polar surface area (TPSA) is 64.0 Å². The summed E-state index contributed by atoms with van der Waals surface area (Å²) >= 11 is 0. The molecule has 1 aromatic carbocycles. The molecule has 22 heavy (non-hydrogen) atoms. The van der Waals surface area contributed by atoms with Crippen LogP contribution in [0.2, 0.25) is 0 Å². The summed E-state index contributed by atoms with van der Waals surface area (Å²) in [5, 5.41) is 7.72. The van der Waals surface area contributed by atoms with Gasteiger partial charge >= 0.3 is 0 Å². The molecule has 1 unspecified atom stereocenters. The van der Waals surface area contributed by atoms with E-state index in [4.69, 9.17) is 0 Å². The van der Waals surface area contributed by atoms with Crippen LogP contribution in [0, 0.1) is 19.7 Å². The maximum Gasteiger partial charge on any atom is 0.152 e. The molecule has 0 aliphatic carbocycles. The van der Waals surface area contributed by atoms with Gasteiger partial charge in [0.15, 0.2) is 9.84 Å². The summed E-state index contributed by atoms with van der Waals surface area (Å²) in [4.78, 5) is 0. The van der Waals surface area contributed by atoms with Gasteiger partial charge in [-0.25, -0.2) is 12.8 Å². The SMILES string of the molecule is Cc1nn(C2CCS(=O)(=O)C2)c(C)c1Nc1ccc(F)cc1. The first-order valence-electron chi connectivity index (χ1n) is 7.14. The zero-order chi connectivity index (χ0) is 15.9. The minimum absolute atomic E-state index is 0.104. The van der Waals surface area contributed by atoms with E-state index < -0.39 is 9.84 Å². The van der Waals surface area contributed by atoms with Gasteiger partial charge < -0.3 is 5.32 Å². The third-order valence-electron chi connectivity index (χ3n) is 3.99. The van der Waals surface area contributed by atoms with E-state index in [2.05, 4.69) is 10.4 Å². The highest BCUT2D eigenvalue weighted by Gasteiger charge is 2.31. The molecule has 1 aliphatic heterocycles. The van der Waals surface area contributed by atoms with Gasteiger partial charge in [0.25, 0.3) is 0 Å². The molecule has 2 heterocycles. The van der Waals surface area contributed by atoms with Crippen LogP contribution in [0.25, 0.3) is 0 Å². The number of anilines is 2. The van der Waals surface area contributed by atoms with Gasteiger partial charge in [0, 0.05) is 5.69 Å². The molecule has 0 saturated carbocycles. The number of hydrogen-bond donors (Lipinski definition) is 1. The second-order valence-corrected chi connectivity index (χ2v) is 7.91. The number of hydrogen-bond acceptors (Lipinski definition) is 4. The van der Waals surface area contributed by atoms with Crippen molar-refractivity contribution >= 4 is 21.2 Å². The third-order valence-corrected chi connectivity index (χ3v) is 5.74. The second-order valence-electron chi connectivity index (χ2n) is 5.68. The molecular formula is C15H18FN3O2S. The number of aryl methyl sites for hydroxylation is 1. The molecule has 0 bridgehead atoms. The number of sulfone groups is 1. The van der Waals surface area contributed by atoms with Gasteiger partial charge in [-0.05, 0) is 44.5 Å². The molecule has 0 spiro atoms. The van der Waals surface area contributed by atoms with Crippen LogP contribution in [0.1, 0.15) is 23.9 Å². The summed E-state index contributed by atoms with van der Waals surface area (Å²) in [7, 11) is -2.95. The first kappa shape index (κ1) is 15.0. The van der Waals surface area contributed by atoms with Crippen LogP contribution in [-0.2, 0) is 9.84 Å². The van der Waals surface area contributed by atoms with Crippen LogP contribution in [0.4, 0.5) is 15.8 Å². The fraction of sp³-hybridized carbons (Fsp3) is 0.400. The lowest BCUT2D eigenvalue weighted by atomic mass is 10.2. The quantitative estimate of drug-likeness (QED) is 0.943. The van der Waals surface area contributed by atoms with Crippen LogP contribution in [0.3, 0.4) is 0 Å². The Morgan fingerprint density at radius 1 is 1.27 bits per heavy atom. The first-order chi connectivity index (χ1) is 10.4. The molecule has 2 aromatic rings. The number of rotatable bonds is 3. The van der Waals surface area contributed by atoms with Gasteiger partial charge in [-0.1, -0.05) is 0 Å². The number of nitrogens with one attached hydrogen (secondary N) is 1. The van der Waals surface area contributed by atoms with Crippen molar-refractivity contribution < 1.29 is 12.8 Å². The van der Waals surface area contributed by atoms with E-state index in [0.29, 0.717) is 6.42 Å². The summed E-state index contributed by atoms with van der Waals surface area (Å²) < 4.78 is 38.1. The number of halogens is 1. The van der Waals surface area contributed by atoms with E-state index in [1.54, 1.807) is 16.8 Å². The van der Waals surface area contributed by atoms with Crippen molar-refractivity contribution in [1.82, 2.24) is 9.78 Å². The standard InChI is InChI=1S/C15H18FN3O2S/c1-10-15(17-13-5-3-12(16)4-6-13)11(2)19(18-10)14-7-8-22(20,21)9-14/h3-6,14,17H,7-9H2,1-2H3. The first-order valence-corrected chi connectivity index (χ1v) is 8.96. The lowest BCUT2D eigenvalue weighted by Gasteiger charge is -2.12. The Kier molecular flexibility index (Phi) is 3.68. The Labute approximate surface area is 129 Å². The van der Waals surface area contributed by atoms with Crippen LogP contribution in [0.15, 0.2) is 24.3 Å². The maximum absolute atomic E-state index is 13.0. The highest BCUT2D eigenvalue weighted by molar-refractivity contribution is 7.91. The van der Waals surface area contributed by atoms with Crippen molar-refractivity contribution in [2.24, 2.45) is 0 Å². The van der Waals surface area contributed by atoms with E-state index in [-0.39, 0.29) is 23.4 Å². The average molecular weight is 323 g/mol. The molecule has 1 saturated heterocycles. The van der Waals surface area contributed by atoms with Crippen molar-refractivity contribution in [2.45, 2.75) is 26.3 Å². The Morgan fingerprint density at radius 3 is 2.55 bits per heavy atom. The molecule has 3 rings (SSSR count). The van der Waals surface area contributed by atoms with Crippen LogP contribution >= 0.6 is 0 Å². The largest absolute Gasteiger partial charge is 0.353 e. The minimum atomic E-state index is -2.95. The van der Waals surface area contributed by atoms with Gasteiger partial charge in [-0.15, -0.1) is 0 Å². The van der Waals surface area contributed by atoms with Crippen molar-refractivity contribution in [1.29, 1.82) is 0 Å². The minimum Gasteiger partial charge on any atom is -0.353 e. The zero-order valence-corrected chi connectivity index (χ0v) is 13.3. The lowest BCUT2D eigenvalue weighted by Crippen LogP contribution is -2.14.